The van der Waals surface area contributed by atoms with Crippen molar-refractivity contribution in [2.75, 3.05) is 14.2 Å². The summed E-state index contributed by atoms with van der Waals surface area (Å²) < 4.78 is 27.6. The van der Waals surface area contributed by atoms with E-state index in [4.69, 9.17) is 13.8 Å². The molecule has 114 valence electrons. The van der Waals surface area contributed by atoms with E-state index in [0.29, 0.717) is 6.61 Å². The van der Waals surface area contributed by atoms with E-state index in [2.05, 4.69) is 0 Å². The van der Waals surface area contributed by atoms with Gasteiger partial charge in [0.05, 0.1) is 12.7 Å². The normalized spacial score (nSPS) is 15.3. The number of aliphatic hydroxyl groups is 1. The third kappa shape index (κ3) is 4.40. The summed E-state index contributed by atoms with van der Waals surface area (Å²) in [7, 11) is -1.07. The molecule has 1 N–H and O–H groups in total. The molecule has 20 heavy (non-hydrogen) atoms. The molecule has 1 aromatic carbocycles. The lowest BCUT2D eigenvalue weighted by Gasteiger charge is -2.30. The third-order valence-corrected chi connectivity index (χ3v) is 5.03. The molecule has 0 bridgehead atoms. The molecular formula is C14H23O5P. The molecule has 2 atom stereocenters. The SMILES string of the molecule is COP(=O)(OC)[C@H](O)[C@@H](OCc1ccccc1)C(C)C. The number of hydrogen-bond donors (Lipinski definition) is 1. The highest BCUT2D eigenvalue weighted by molar-refractivity contribution is 7.54. The van der Waals surface area contributed by atoms with Gasteiger partial charge in [0.2, 0.25) is 0 Å². The van der Waals surface area contributed by atoms with Crippen molar-refractivity contribution >= 4 is 7.60 Å². The van der Waals surface area contributed by atoms with Crippen LogP contribution in [0, 0.1) is 5.92 Å². The van der Waals surface area contributed by atoms with Gasteiger partial charge >= 0.3 is 7.60 Å². The smallest absolute Gasteiger partial charge is 0.361 e. The molecule has 0 heterocycles. The van der Waals surface area contributed by atoms with Crippen molar-refractivity contribution < 1.29 is 23.5 Å². The minimum Gasteiger partial charge on any atom is -0.378 e. The van der Waals surface area contributed by atoms with Crippen LogP contribution in [0.3, 0.4) is 0 Å². The fraction of sp³-hybridized carbons (Fsp3) is 0.571. The summed E-state index contributed by atoms with van der Waals surface area (Å²) in [6, 6.07) is 9.59. The molecular weight excluding hydrogens is 279 g/mol. The van der Waals surface area contributed by atoms with Gasteiger partial charge in [-0.3, -0.25) is 4.57 Å². The van der Waals surface area contributed by atoms with Crippen LogP contribution < -0.4 is 0 Å². The van der Waals surface area contributed by atoms with Crippen LogP contribution in [0.4, 0.5) is 0 Å². The van der Waals surface area contributed by atoms with Crippen molar-refractivity contribution in [3.05, 3.63) is 35.9 Å². The van der Waals surface area contributed by atoms with Gasteiger partial charge in [-0.1, -0.05) is 44.2 Å². The van der Waals surface area contributed by atoms with Gasteiger partial charge in [0, 0.05) is 14.2 Å². The second kappa shape index (κ2) is 7.91. The number of aliphatic hydroxyl groups excluding tert-OH is 1. The first-order chi connectivity index (χ1) is 9.44. The Morgan fingerprint density at radius 1 is 1.15 bits per heavy atom. The number of hydrogen-bond acceptors (Lipinski definition) is 5. The Hall–Kier alpha value is -0.710. The molecule has 0 unspecified atom stereocenters. The standard InChI is InChI=1S/C14H23O5P/c1-11(2)13(14(15)20(16,17-3)18-4)19-10-12-8-6-5-7-9-12/h5-9,11,13-15H,10H2,1-4H3/t13-,14-/m0/s1. The van der Waals surface area contributed by atoms with Gasteiger partial charge in [0.15, 0.2) is 5.85 Å². The van der Waals surface area contributed by atoms with E-state index in [1.54, 1.807) is 0 Å². The van der Waals surface area contributed by atoms with Crippen molar-refractivity contribution in [1.29, 1.82) is 0 Å². The summed E-state index contributed by atoms with van der Waals surface area (Å²) in [5.41, 5.74) is 0.981. The molecule has 0 aliphatic carbocycles. The Bertz CT molecular complexity index is 426. The summed E-state index contributed by atoms with van der Waals surface area (Å²) in [6.07, 6.45) is -0.638. The van der Waals surface area contributed by atoms with Crippen LogP contribution >= 0.6 is 7.60 Å². The average Bonchev–Trinajstić information content (AvgIpc) is 2.47. The molecule has 1 aromatic rings. The Kier molecular flexibility index (Phi) is 6.86. The fourth-order valence-corrected chi connectivity index (χ4v) is 3.23. The fourth-order valence-electron chi connectivity index (χ4n) is 1.86. The molecule has 0 aromatic heterocycles. The molecule has 6 heteroatoms. The Balaban J connectivity index is 2.77. The maximum absolute atomic E-state index is 12.2. The summed E-state index contributed by atoms with van der Waals surface area (Å²) >= 11 is 0. The second-order valence-corrected chi connectivity index (χ2v) is 7.16. The number of benzene rings is 1. The highest BCUT2D eigenvalue weighted by Crippen LogP contribution is 2.53. The van der Waals surface area contributed by atoms with Crippen LogP contribution in [0.25, 0.3) is 0 Å². The zero-order valence-electron chi connectivity index (χ0n) is 12.4. The highest BCUT2D eigenvalue weighted by Gasteiger charge is 2.40. The zero-order valence-corrected chi connectivity index (χ0v) is 13.2. The van der Waals surface area contributed by atoms with E-state index in [9.17, 15) is 9.67 Å². The monoisotopic (exact) mass is 302 g/mol. The molecule has 0 fully saturated rings. The summed E-state index contributed by atoms with van der Waals surface area (Å²) in [6.45, 7) is 4.09. The predicted octanol–water partition coefficient (Wildman–Crippen LogP) is 3.03. The minimum atomic E-state index is -3.57. The van der Waals surface area contributed by atoms with Crippen molar-refractivity contribution in [3.63, 3.8) is 0 Å². The third-order valence-electron chi connectivity index (χ3n) is 3.07. The van der Waals surface area contributed by atoms with Crippen LogP contribution in [0.5, 0.6) is 0 Å². The number of rotatable bonds is 8. The molecule has 5 nitrogen and oxygen atoms in total. The van der Waals surface area contributed by atoms with Gasteiger partial charge in [-0.25, -0.2) is 0 Å². The van der Waals surface area contributed by atoms with Crippen molar-refractivity contribution in [2.24, 2.45) is 5.92 Å². The largest absolute Gasteiger partial charge is 0.378 e. The molecule has 0 aliphatic heterocycles. The zero-order chi connectivity index (χ0) is 15.2. The average molecular weight is 302 g/mol. The number of ether oxygens (including phenoxy) is 1. The van der Waals surface area contributed by atoms with Crippen molar-refractivity contribution in [3.8, 4) is 0 Å². The first-order valence-corrected chi connectivity index (χ1v) is 8.10. The van der Waals surface area contributed by atoms with Gasteiger partial charge in [-0.05, 0) is 11.5 Å². The lowest BCUT2D eigenvalue weighted by molar-refractivity contribution is -0.0490. The first-order valence-electron chi connectivity index (χ1n) is 6.49. The summed E-state index contributed by atoms with van der Waals surface area (Å²) in [4.78, 5) is 0. The first kappa shape index (κ1) is 17.3. The lowest BCUT2D eigenvalue weighted by atomic mass is 10.1. The van der Waals surface area contributed by atoms with Crippen molar-refractivity contribution in [1.82, 2.24) is 0 Å². The Morgan fingerprint density at radius 2 is 1.70 bits per heavy atom. The van der Waals surface area contributed by atoms with Crippen LogP contribution in [0.2, 0.25) is 0 Å². The molecule has 1 rings (SSSR count). The van der Waals surface area contributed by atoms with E-state index < -0.39 is 19.5 Å². The Labute approximate surface area is 120 Å². The quantitative estimate of drug-likeness (QED) is 0.748. The van der Waals surface area contributed by atoms with Gasteiger partial charge in [-0.15, -0.1) is 0 Å². The molecule has 0 aliphatic rings. The molecule has 0 saturated heterocycles. The summed E-state index contributed by atoms with van der Waals surface area (Å²) in [5.74, 6) is -1.35. The van der Waals surface area contributed by atoms with Gasteiger partial charge in [0.1, 0.15) is 0 Å². The topological polar surface area (TPSA) is 65.0 Å². The Morgan fingerprint density at radius 3 is 2.15 bits per heavy atom. The van der Waals surface area contributed by atoms with Crippen molar-refractivity contribution in [2.45, 2.75) is 32.4 Å². The van der Waals surface area contributed by atoms with E-state index >= 15 is 0 Å². The maximum Gasteiger partial charge on any atom is 0.361 e. The van der Waals surface area contributed by atoms with E-state index in [0.717, 1.165) is 5.56 Å². The molecule has 0 spiro atoms. The highest BCUT2D eigenvalue weighted by atomic mass is 31.2. The van der Waals surface area contributed by atoms with Crippen LogP contribution in [-0.4, -0.2) is 31.3 Å². The molecule has 0 radical (unpaired) electrons. The van der Waals surface area contributed by atoms with Crippen LogP contribution in [0.1, 0.15) is 19.4 Å². The van der Waals surface area contributed by atoms with E-state index in [-0.39, 0.29) is 5.92 Å². The second-order valence-electron chi connectivity index (χ2n) is 4.82. The van der Waals surface area contributed by atoms with Gasteiger partial charge in [0.25, 0.3) is 0 Å². The van der Waals surface area contributed by atoms with E-state index in [1.807, 2.05) is 44.2 Å². The van der Waals surface area contributed by atoms with Crippen LogP contribution in [-0.2, 0) is 25.0 Å². The molecule has 0 saturated carbocycles. The maximum atomic E-state index is 12.2. The minimum absolute atomic E-state index is 0.0349. The van der Waals surface area contributed by atoms with Gasteiger partial charge in [-0.2, -0.15) is 0 Å². The summed E-state index contributed by atoms with van der Waals surface area (Å²) in [5, 5.41) is 10.2. The molecule has 0 amide bonds. The predicted molar refractivity (Wildman–Crippen MR) is 77.5 cm³/mol. The lowest BCUT2D eigenvalue weighted by Crippen LogP contribution is -2.34. The van der Waals surface area contributed by atoms with Gasteiger partial charge < -0.3 is 18.9 Å². The van der Waals surface area contributed by atoms with Crippen LogP contribution in [0.15, 0.2) is 30.3 Å². The van der Waals surface area contributed by atoms with E-state index in [1.165, 1.54) is 14.2 Å².